The van der Waals surface area contributed by atoms with Gasteiger partial charge in [0.05, 0.1) is 24.5 Å². The maximum absolute atomic E-state index is 12.9. The summed E-state index contributed by atoms with van der Waals surface area (Å²) in [6, 6.07) is 14.7. The molecule has 3 rings (SSSR count). The van der Waals surface area contributed by atoms with E-state index >= 15 is 0 Å². The standard InChI is InChI=1S/C22H26N2O4/c1-3-20(28-17-8-6-7-16(2)15-17)21(25)23-19-10-5-4-9-18(19)22(26)24-11-13-27-14-12-24/h4-10,15,20H,3,11-14H2,1-2H3,(H,23,25)/t20-/m0/s1. The van der Waals surface area contributed by atoms with Gasteiger partial charge in [-0.25, -0.2) is 0 Å². The van der Waals surface area contributed by atoms with Crippen molar-refractivity contribution in [2.75, 3.05) is 31.6 Å². The Balaban J connectivity index is 1.73. The van der Waals surface area contributed by atoms with Crippen LogP contribution in [0.3, 0.4) is 0 Å². The fourth-order valence-corrected chi connectivity index (χ4v) is 3.10. The van der Waals surface area contributed by atoms with E-state index in [1.807, 2.05) is 38.1 Å². The summed E-state index contributed by atoms with van der Waals surface area (Å²) < 4.78 is 11.2. The van der Waals surface area contributed by atoms with Gasteiger partial charge in [-0.1, -0.05) is 31.2 Å². The smallest absolute Gasteiger partial charge is 0.265 e. The normalized spacial score (nSPS) is 15.0. The Morgan fingerprint density at radius 3 is 2.61 bits per heavy atom. The summed E-state index contributed by atoms with van der Waals surface area (Å²) in [5, 5.41) is 2.87. The fraction of sp³-hybridized carbons (Fsp3) is 0.364. The highest BCUT2D eigenvalue weighted by atomic mass is 16.5. The molecule has 1 N–H and O–H groups in total. The highest BCUT2D eigenvalue weighted by Gasteiger charge is 2.24. The molecular weight excluding hydrogens is 356 g/mol. The van der Waals surface area contributed by atoms with Crippen LogP contribution < -0.4 is 10.1 Å². The molecule has 6 heteroatoms. The maximum Gasteiger partial charge on any atom is 0.265 e. The zero-order valence-corrected chi connectivity index (χ0v) is 16.3. The van der Waals surface area contributed by atoms with Gasteiger partial charge in [0, 0.05) is 13.1 Å². The first-order chi connectivity index (χ1) is 13.6. The lowest BCUT2D eigenvalue weighted by Gasteiger charge is -2.27. The number of ether oxygens (including phenoxy) is 2. The third-order valence-corrected chi connectivity index (χ3v) is 4.64. The second kappa shape index (κ2) is 9.37. The Morgan fingerprint density at radius 1 is 1.14 bits per heavy atom. The summed E-state index contributed by atoms with van der Waals surface area (Å²) in [4.78, 5) is 27.4. The van der Waals surface area contributed by atoms with E-state index in [0.29, 0.717) is 49.7 Å². The third kappa shape index (κ3) is 4.89. The SMILES string of the molecule is CC[C@H](Oc1cccc(C)c1)C(=O)Nc1ccccc1C(=O)N1CCOCC1. The number of amides is 2. The van der Waals surface area contributed by atoms with Crippen molar-refractivity contribution in [3.05, 3.63) is 59.7 Å². The lowest BCUT2D eigenvalue weighted by atomic mass is 10.1. The molecule has 6 nitrogen and oxygen atoms in total. The molecule has 1 aliphatic heterocycles. The van der Waals surface area contributed by atoms with Crippen LogP contribution in [0.4, 0.5) is 5.69 Å². The first kappa shape index (κ1) is 19.9. The summed E-state index contributed by atoms with van der Waals surface area (Å²) in [7, 11) is 0. The minimum Gasteiger partial charge on any atom is -0.481 e. The summed E-state index contributed by atoms with van der Waals surface area (Å²) in [5.41, 5.74) is 2.03. The number of morpholine rings is 1. The van der Waals surface area contributed by atoms with E-state index in [0.717, 1.165) is 5.56 Å². The lowest BCUT2D eigenvalue weighted by Crippen LogP contribution is -2.41. The molecule has 1 heterocycles. The van der Waals surface area contributed by atoms with Crippen LogP contribution >= 0.6 is 0 Å². The van der Waals surface area contributed by atoms with Crippen molar-refractivity contribution in [3.8, 4) is 5.75 Å². The zero-order chi connectivity index (χ0) is 19.9. The molecule has 0 unspecified atom stereocenters. The van der Waals surface area contributed by atoms with Crippen molar-refractivity contribution < 1.29 is 19.1 Å². The van der Waals surface area contributed by atoms with Crippen molar-refractivity contribution in [2.45, 2.75) is 26.4 Å². The average molecular weight is 382 g/mol. The predicted octanol–water partition coefficient (Wildman–Crippen LogP) is 3.26. The molecule has 0 saturated carbocycles. The van der Waals surface area contributed by atoms with Crippen LogP contribution in [0.1, 0.15) is 29.3 Å². The van der Waals surface area contributed by atoms with Crippen molar-refractivity contribution in [2.24, 2.45) is 0 Å². The van der Waals surface area contributed by atoms with Crippen LogP contribution in [0.15, 0.2) is 48.5 Å². The molecule has 0 bridgehead atoms. The molecule has 1 aliphatic rings. The number of nitrogens with one attached hydrogen (secondary N) is 1. The highest BCUT2D eigenvalue weighted by Crippen LogP contribution is 2.20. The van der Waals surface area contributed by atoms with Gasteiger partial charge in [-0.15, -0.1) is 0 Å². The van der Waals surface area contributed by atoms with Crippen LogP contribution in [-0.4, -0.2) is 49.1 Å². The number of anilines is 1. The second-order valence-corrected chi connectivity index (χ2v) is 6.77. The minimum atomic E-state index is -0.645. The van der Waals surface area contributed by atoms with Gasteiger partial charge in [0.2, 0.25) is 0 Å². The summed E-state index contributed by atoms with van der Waals surface area (Å²) >= 11 is 0. The van der Waals surface area contributed by atoms with E-state index in [1.165, 1.54) is 0 Å². The van der Waals surface area contributed by atoms with Gasteiger partial charge in [-0.2, -0.15) is 0 Å². The van der Waals surface area contributed by atoms with Gasteiger partial charge in [-0.3, -0.25) is 9.59 Å². The molecule has 2 amide bonds. The summed E-state index contributed by atoms with van der Waals surface area (Å²) in [6.07, 6.45) is -0.132. The molecule has 2 aromatic carbocycles. The largest absolute Gasteiger partial charge is 0.481 e. The van der Waals surface area contributed by atoms with Gasteiger partial charge in [0.1, 0.15) is 5.75 Å². The van der Waals surface area contributed by atoms with Crippen molar-refractivity contribution in [1.82, 2.24) is 4.90 Å². The van der Waals surface area contributed by atoms with Crippen LogP contribution in [0.25, 0.3) is 0 Å². The number of rotatable bonds is 6. The topological polar surface area (TPSA) is 67.9 Å². The monoisotopic (exact) mass is 382 g/mol. The molecule has 0 aliphatic carbocycles. The Kier molecular flexibility index (Phi) is 6.66. The first-order valence-corrected chi connectivity index (χ1v) is 9.58. The second-order valence-electron chi connectivity index (χ2n) is 6.77. The van der Waals surface area contributed by atoms with Crippen molar-refractivity contribution in [3.63, 3.8) is 0 Å². The predicted molar refractivity (Wildman–Crippen MR) is 108 cm³/mol. The number of hydrogen-bond acceptors (Lipinski definition) is 4. The number of aryl methyl sites for hydroxylation is 1. The van der Waals surface area contributed by atoms with Gasteiger partial charge in [-0.05, 0) is 43.2 Å². The Labute approximate surface area is 165 Å². The van der Waals surface area contributed by atoms with Crippen LogP contribution in [0, 0.1) is 6.92 Å². The lowest BCUT2D eigenvalue weighted by molar-refractivity contribution is -0.122. The quantitative estimate of drug-likeness (QED) is 0.833. The Hall–Kier alpha value is -2.86. The Morgan fingerprint density at radius 2 is 1.89 bits per heavy atom. The number of carbonyl (C=O) groups is 2. The van der Waals surface area contributed by atoms with E-state index in [-0.39, 0.29) is 11.8 Å². The summed E-state index contributed by atoms with van der Waals surface area (Å²) in [5.74, 6) is 0.276. The van der Waals surface area contributed by atoms with E-state index in [2.05, 4.69) is 5.32 Å². The molecule has 1 atom stereocenters. The molecule has 0 aromatic heterocycles. The molecule has 28 heavy (non-hydrogen) atoms. The van der Waals surface area contributed by atoms with Crippen LogP contribution in [0.2, 0.25) is 0 Å². The van der Waals surface area contributed by atoms with Crippen molar-refractivity contribution >= 4 is 17.5 Å². The molecule has 0 radical (unpaired) electrons. The van der Waals surface area contributed by atoms with Gasteiger partial charge in [0.25, 0.3) is 11.8 Å². The van der Waals surface area contributed by atoms with E-state index in [9.17, 15) is 9.59 Å². The molecule has 0 spiro atoms. The number of benzene rings is 2. The first-order valence-electron chi connectivity index (χ1n) is 9.58. The van der Waals surface area contributed by atoms with E-state index in [1.54, 1.807) is 29.2 Å². The number of nitrogens with zero attached hydrogens (tertiary/aromatic N) is 1. The van der Waals surface area contributed by atoms with Gasteiger partial charge in [0.15, 0.2) is 6.10 Å². The van der Waals surface area contributed by atoms with Crippen LogP contribution in [0.5, 0.6) is 5.75 Å². The number of para-hydroxylation sites is 1. The van der Waals surface area contributed by atoms with Crippen molar-refractivity contribution in [1.29, 1.82) is 0 Å². The van der Waals surface area contributed by atoms with Crippen LogP contribution in [-0.2, 0) is 9.53 Å². The van der Waals surface area contributed by atoms with Gasteiger partial charge < -0.3 is 19.7 Å². The number of carbonyl (C=O) groups excluding carboxylic acids is 2. The number of hydrogen-bond donors (Lipinski definition) is 1. The van der Waals surface area contributed by atoms with E-state index in [4.69, 9.17) is 9.47 Å². The zero-order valence-electron chi connectivity index (χ0n) is 16.3. The summed E-state index contributed by atoms with van der Waals surface area (Å²) in [6.45, 7) is 6.03. The average Bonchev–Trinajstić information content (AvgIpc) is 2.72. The van der Waals surface area contributed by atoms with E-state index < -0.39 is 6.10 Å². The Bertz CT molecular complexity index is 831. The fourth-order valence-electron chi connectivity index (χ4n) is 3.10. The van der Waals surface area contributed by atoms with Gasteiger partial charge >= 0.3 is 0 Å². The maximum atomic E-state index is 12.9. The molecule has 2 aromatic rings. The molecule has 1 fully saturated rings. The highest BCUT2D eigenvalue weighted by molar-refractivity contribution is 6.04. The molecule has 1 saturated heterocycles. The minimum absolute atomic E-state index is 0.105. The third-order valence-electron chi connectivity index (χ3n) is 4.64. The molecule has 148 valence electrons. The molecular formula is C22H26N2O4.